The number of nitrogens with zero attached hydrogens (tertiary/aromatic N) is 2. The second-order valence-electron chi connectivity index (χ2n) is 5.61. The van der Waals surface area contributed by atoms with Gasteiger partial charge in [-0.2, -0.15) is 0 Å². The van der Waals surface area contributed by atoms with Gasteiger partial charge in [0.25, 0.3) is 0 Å². The lowest BCUT2D eigenvalue weighted by molar-refractivity contribution is -0.132. The standard InChI is InChI=1S/C18H16FN3O2S2/c1-22(10-16(23)20-13-5-2-4-12(19)8-13)17(24)9-14-11-26-18(21-14)15-6-3-7-25-15/h2-8,11H,9-10H2,1H3,(H,20,23). The van der Waals surface area contributed by atoms with Gasteiger partial charge in [-0.1, -0.05) is 12.1 Å². The summed E-state index contributed by atoms with van der Waals surface area (Å²) in [7, 11) is 1.56. The van der Waals surface area contributed by atoms with Gasteiger partial charge in [-0.05, 0) is 29.6 Å². The number of thiazole rings is 1. The highest BCUT2D eigenvalue weighted by molar-refractivity contribution is 7.20. The Hall–Kier alpha value is -2.58. The van der Waals surface area contributed by atoms with E-state index in [2.05, 4.69) is 10.3 Å². The van der Waals surface area contributed by atoms with Crippen LogP contribution in [0.5, 0.6) is 0 Å². The fourth-order valence-corrected chi connectivity index (χ4v) is 3.90. The Morgan fingerprint density at radius 3 is 2.81 bits per heavy atom. The molecule has 26 heavy (non-hydrogen) atoms. The predicted molar refractivity (Wildman–Crippen MR) is 102 cm³/mol. The number of thiophene rings is 1. The number of halogens is 1. The van der Waals surface area contributed by atoms with Crippen LogP contribution in [0.2, 0.25) is 0 Å². The molecule has 3 aromatic rings. The van der Waals surface area contributed by atoms with Gasteiger partial charge in [0, 0.05) is 18.1 Å². The Labute approximate surface area is 158 Å². The number of rotatable bonds is 6. The highest BCUT2D eigenvalue weighted by Crippen LogP contribution is 2.27. The molecule has 5 nitrogen and oxygen atoms in total. The number of likely N-dealkylation sites (N-methyl/N-ethyl adjacent to an activating group) is 1. The molecule has 0 bridgehead atoms. The van der Waals surface area contributed by atoms with E-state index in [1.165, 1.54) is 34.4 Å². The molecule has 0 spiro atoms. The summed E-state index contributed by atoms with van der Waals surface area (Å²) in [6.07, 6.45) is 0.131. The highest BCUT2D eigenvalue weighted by Gasteiger charge is 2.16. The molecule has 8 heteroatoms. The number of anilines is 1. The van der Waals surface area contributed by atoms with E-state index in [1.54, 1.807) is 24.5 Å². The molecule has 0 fully saturated rings. The molecule has 0 aliphatic heterocycles. The fourth-order valence-electron chi connectivity index (χ4n) is 2.26. The van der Waals surface area contributed by atoms with Gasteiger partial charge in [0.2, 0.25) is 11.8 Å². The van der Waals surface area contributed by atoms with Gasteiger partial charge in [0.1, 0.15) is 10.8 Å². The molecule has 0 aliphatic carbocycles. The first-order valence-electron chi connectivity index (χ1n) is 7.79. The molecular formula is C18H16FN3O2S2. The number of amides is 2. The number of hydrogen-bond acceptors (Lipinski definition) is 5. The first kappa shape index (κ1) is 18.2. The monoisotopic (exact) mass is 389 g/mol. The molecule has 0 aliphatic rings. The summed E-state index contributed by atoms with van der Waals surface area (Å²) in [6, 6.07) is 9.55. The number of benzene rings is 1. The van der Waals surface area contributed by atoms with Crippen molar-refractivity contribution < 1.29 is 14.0 Å². The fraction of sp³-hybridized carbons (Fsp3) is 0.167. The number of carbonyl (C=O) groups excluding carboxylic acids is 2. The van der Waals surface area contributed by atoms with E-state index in [9.17, 15) is 14.0 Å². The number of carbonyl (C=O) groups is 2. The average Bonchev–Trinajstić information content (AvgIpc) is 3.25. The topological polar surface area (TPSA) is 62.3 Å². The first-order valence-corrected chi connectivity index (χ1v) is 9.55. The molecule has 0 saturated carbocycles. The smallest absolute Gasteiger partial charge is 0.243 e. The normalized spacial score (nSPS) is 10.5. The van der Waals surface area contributed by atoms with Crippen molar-refractivity contribution in [1.82, 2.24) is 9.88 Å². The van der Waals surface area contributed by atoms with E-state index in [4.69, 9.17) is 0 Å². The van der Waals surface area contributed by atoms with Crippen molar-refractivity contribution in [2.45, 2.75) is 6.42 Å². The van der Waals surface area contributed by atoms with Crippen LogP contribution in [0.25, 0.3) is 9.88 Å². The molecule has 0 atom stereocenters. The SMILES string of the molecule is CN(CC(=O)Nc1cccc(F)c1)C(=O)Cc1csc(-c2cccs2)n1. The lowest BCUT2D eigenvalue weighted by Crippen LogP contribution is -2.35. The molecule has 3 rings (SSSR count). The summed E-state index contributed by atoms with van der Waals surface area (Å²) in [5.74, 6) is -1.02. The Balaban J connectivity index is 1.53. The quantitative estimate of drug-likeness (QED) is 0.700. The van der Waals surface area contributed by atoms with Crippen LogP contribution >= 0.6 is 22.7 Å². The zero-order valence-electron chi connectivity index (χ0n) is 13.9. The third-order valence-electron chi connectivity index (χ3n) is 3.53. The van der Waals surface area contributed by atoms with Crippen molar-refractivity contribution in [3.8, 4) is 9.88 Å². The molecule has 0 radical (unpaired) electrons. The number of aromatic nitrogens is 1. The highest BCUT2D eigenvalue weighted by atomic mass is 32.1. The van der Waals surface area contributed by atoms with E-state index >= 15 is 0 Å². The lowest BCUT2D eigenvalue weighted by atomic mass is 10.3. The van der Waals surface area contributed by atoms with Crippen LogP contribution in [0.15, 0.2) is 47.2 Å². The minimum absolute atomic E-state index is 0.114. The summed E-state index contributed by atoms with van der Waals surface area (Å²) in [4.78, 5) is 31.2. The summed E-state index contributed by atoms with van der Waals surface area (Å²) in [5, 5.41) is 7.29. The van der Waals surface area contributed by atoms with E-state index in [0.717, 1.165) is 9.88 Å². The van der Waals surface area contributed by atoms with Gasteiger partial charge in [0.15, 0.2) is 0 Å². The maximum atomic E-state index is 13.1. The van der Waals surface area contributed by atoms with Crippen LogP contribution < -0.4 is 5.32 Å². The largest absolute Gasteiger partial charge is 0.336 e. The Morgan fingerprint density at radius 2 is 2.08 bits per heavy atom. The third kappa shape index (κ3) is 4.74. The van der Waals surface area contributed by atoms with Crippen molar-refractivity contribution in [3.63, 3.8) is 0 Å². The van der Waals surface area contributed by atoms with Gasteiger partial charge in [0.05, 0.1) is 23.5 Å². The van der Waals surface area contributed by atoms with Gasteiger partial charge in [-0.15, -0.1) is 22.7 Å². The summed E-state index contributed by atoms with van der Waals surface area (Å²) >= 11 is 3.09. The summed E-state index contributed by atoms with van der Waals surface area (Å²) in [5.41, 5.74) is 1.04. The van der Waals surface area contributed by atoms with Crippen LogP contribution in [0.1, 0.15) is 5.69 Å². The van der Waals surface area contributed by atoms with Crippen molar-refractivity contribution >= 4 is 40.2 Å². The van der Waals surface area contributed by atoms with Crippen molar-refractivity contribution in [2.24, 2.45) is 0 Å². The maximum Gasteiger partial charge on any atom is 0.243 e. The zero-order chi connectivity index (χ0) is 18.5. The molecule has 1 aromatic carbocycles. The third-order valence-corrected chi connectivity index (χ3v) is 5.46. The van der Waals surface area contributed by atoms with E-state index in [1.807, 2.05) is 22.9 Å². The molecule has 1 N–H and O–H groups in total. The second-order valence-corrected chi connectivity index (χ2v) is 7.41. The minimum Gasteiger partial charge on any atom is -0.336 e. The van der Waals surface area contributed by atoms with Gasteiger partial charge in [-0.3, -0.25) is 9.59 Å². The van der Waals surface area contributed by atoms with Crippen molar-refractivity contribution in [3.05, 3.63) is 58.7 Å². The average molecular weight is 389 g/mol. The number of hydrogen-bond donors (Lipinski definition) is 1. The molecule has 2 aromatic heterocycles. The molecule has 0 unspecified atom stereocenters. The predicted octanol–water partition coefficient (Wildman–Crippen LogP) is 3.65. The van der Waals surface area contributed by atoms with Crippen LogP contribution in [-0.2, 0) is 16.0 Å². The molecule has 0 saturated heterocycles. The molecule has 2 amide bonds. The zero-order valence-corrected chi connectivity index (χ0v) is 15.6. The number of nitrogens with one attached hydrogen (secondary N) is 1. The Bertz CT molecular complexity index is 909. The van der Waals surface area contributed by atoms with E-state index in [-0.39, 0.29) is 24.8 Å². The van der Waals surface area contributed by atoms with Gasteiger partial charge >= 0.3 is 0 Å². The Kier molecular flexibility index (Phi) is 5.75. The van der Waals surface area contributed by atoms with Crippen LogP contribution in [-0.4, -0.2) is 35.3 Å². The van der Waals surface area contributed by atoms with E-state index in [0.29, 0.717) is 11.4 Å². The molecular weight excluding hydrogens is 373 g/mol. The maximum absolute atomic E-state index is 13.1. The summed E-state index contributed by atoms with van der Waals surface area (Å²) < 4.78 is 13.1. The van der Waals surface area contributed by atoms with Crippen LogP contribution in [0.3, 0.4) is 0 Å². The van der Waals surface area contributed by atoms with Gasteiger partial charge in [-0.25, -0.2) is 9.37 Å². The van der Waals surface area contributed by atoms with Crippen molar-refractivity contribution in [2.75, 3.05) is 18.9 Å². The summed E-state index contributed by atoms with van der Waals surface area (Å²) in [6.45, 7) is -0.114. The first-order chi connectivity index (χ1) is 12.5. The second kappa shape index (κ2) is 8.20. The van der Waals surface area contributed by atoms with Gasteiger partial charge < -0.3 is 10.2 Å². The lowest BCUT2D eigenvalue weighted by Gasteiger charge is -2.16. The minimum atomic E-state index is -0.433. The van der Waals surface area contributed by atoms with E-state index < -0.39 is 5.82 Å². The van der Waals surface area contributed by atoms with Crippen LogP contribution in [0, 0.1) is 5.82 Å². The van der Waals surface area contributed by atoms with Crippen LogP contribution in [0.4, 0.5) is 10.1 Å². The molecule has 2 heterocycles. The Morgan fingerprint density at radius 1 is 1.23 bits per heavy atom. The van der Waals surface area contributed by atoms with Crippen molar-refractivity contribution in [1.29, 1.82) is 0 Å². The molecule has 134 valence electrons.